The fourth-order valence-electron chi connectivity index (χ4n) is 2.30. The number of carbonyl (C=O) groups is 4. The third-order valence-electron chi connectivity index (χ3n) is 4.64. The summed E-state index contributed by atoms with van der Waals surface area (Å²) in [4.78, 5) is 45.7. The van der Waals surface area contributed by atoms with Crippen LogP contribution in [-0.4, -0.2) is 87.9 Å². The Kier molecular flexibility index (Phi) is 17.5. The van der Waals surface area contributed by atoms with Gasteiger partial charge >= 0.3 is 5.97 Å². The molecule has 1 unspecified atom stereocenters. The lowest BCUT2D eigenvalue weighted by Gasteiger charge is -2.16. The molecule has 0 radical (unpaired) electrons. The van der Waals surface area contributed by atoms with Gasteiger partial charge in [0, 0.05) is 31.4 Å². The zero-order valence-corrected chi connectivity index (χ0v) is 20.5. The Morgan fingerprint density at radius 3 is 2.00 bits per heavy atom. The molecule has 0 saturated heterocycles. The number of ketones is 2. The largest absolute Gasteiger partial charge is 0.481 e. The van der Waals surface area contributed by atoms with Gasteiger partial charge in [0.1, 0.15) is 19.0 Å². The lowest BCUT2D eigenvalue weighted by molar-refractivity contribution is -0.141. The molecule has 10 heteroatoms. The summed E-state index contributed by atoms with van der Waals surface area (Å²) in [6.45, 7) is 9.42. The SMILES string of the molecule is CC(CCC(=O)CCCOCCOCC(=O)NCCOCCOCC(=O)C(C)(C)C)C(=O)O. The summed E-state index contributed by atoms with van der Waals surface area (Å²) in [5.41, 5.74) is -0.412. The number of amides is 1. The summed E-state index contributed by atoms with van der Waals surface area (Å²) in [5.74, 6) is -1.59. The molecule has 1 amide bonds. The van der Waals surface area contributed by atoms with Crippen molar-refractivity contribution < 1.29 is 43.2 Å². The standard InChI is InChI=1S/C23H41NO9/c1-18(22(28)29)7-8-19(25)6-5-10-30-12-15-33-17-21(27)24-9-11-31-13-14-32-16-20(26)23(2,3)4/h18H,5-17H2,1-4H3,(H,24,27)(H,28,29). The quantitative estimate of drug-likeness (QED) is 0.237. The molecule has 0 spiro atoms. The molecule has 0 heterocycles. The maximum atomic E-state index is 11.7. The zero-order valence-electron chi connectivity index (χ0n) is 20.5. The van der Waals surface area contributed by atoms with Crippen LogP contribution in [0.3, 0.4) is 0 Å². The Bertz CT molecular complexity index is 587. The van der Waals surface area contributed by atoms with E-state index in [1.807, 2.05) is 20.8 Å². The van der Waals surface area contributed by atoms with Crippen LogP contribution in [0, 0.1) is 11.3 Å². The number of carbonyl (C=O) groups excluding carboxylic acids is 3. The first-order chi connectivity index (χ1) is 15.5. The van der Waals surface area contributed by atoms with Gasteiger partial charge in [0.15, 0.2) is 5.78 Å². The molecule has 0 aliphatic rings. The number of nitrogens with one attached hydrogen (secondary N) is 1. The molecular formula is C23H41NO9. The van der Waals surface area contributed by atoms with E-state index < -0.39 is 17.3 Å². The van der Waals surface area contributed by atoms with Crippen LogP contribution in [0.25, 0.3) is 0 Å². The predicted molar refractivity (Wildman–Crippen MR) is 121 cm³/mol. The summed E-state index contributed by atoms with van der Waals surface area (Å²) >= 11 is 0. The Morgan fingerprint density at radius 2 is 1.39 bits per heavy atom. The molecular weight excluding hydrogens is 434 g/mol. The molecule has 0 fully saturated rings. The lowest BCUT2D eigenvalue weighted by Crippen LogP contribution is -2.31. The maximum Gasteiger partial charge on any atom is 0.306 e. The van der Waals surface area contributed by atoms with Crippen molar-refractivity contribution in [1.82, 2.24) is 5.32 Å². The van der Waals surface area contributed by atoms with E-state index in [0.717, 1.165) is 0 Å². The molecule has 0 aromatic carbocycles. The summed E-state index contributed by atoms with van der Waals surface area (Å²) in [7, 11) is 0. The second-order valence-corrected chi connectivity index (χ2v) is 8.77. The normalized spacial score (nSPS) is 12.4. The number of carboxylic acid groups (broad SMARTS) is 1. The van der Waals surface area contributed by atoms with E-state index in [0.29, 0.717) is 58.8 Å². The van der Waals surface area contributed by atoms with Crippen LogP contribution in [0.15, 0.2) is 0 Å². The number of aliphatic carboxylic acids is 1. The van der Waals surface area contributed by atoms with Crippen LogP contribution in [0.4, 0.5) is 0 Å². The van der Waals surface area contributed by atoms with Gasteiger partial charge in [0.05, 0.1) is 39.0 Å². The van der Waals surface area contributed by atoms with Gasteiger partial charge in [-0.1, -0.05) is 27.7 Å². The van der Waals surface area contributed by atoms with Crippen LogP contribution in [0.1, 0.15) is 53.4 Å². The van der Waals surface area contributed by atoms with Crippen LogP contribution in [0.5, 0.6) is 0 Å². The van der Waals surface area contributed by atoms with E-state index in [9.17, 15) is 19.2 Å². The van der Waals surface area contributed by atoms with Crippen molar-refractivity contribution in [3.05, 3.63) is 0 Å². The van der Waals surface area contributed by atoms with Gasteiger partial charge in [0.2, 0.25) is 5.91 Å². The Morgan fingerprint density at radius 1 is 0.818 bits per heavy atom. The van der Waals surface area contributed by atoms with Crippen molar-refractivity contribution in [2.24, 2.45) is 11.3 Å². The minimum Gasteiger partial charge on any atom is -0.481 e. The monoisotopic (exact) mass is 475 g/mol. The van der Waals surface area contributed by atoms with E-state index in [-0.39, 0.29) is 43.7 Å². The van der Waals surface area contributed by atoms with Crippen molar-refractivity contribution in [2.75, 3.05) is 59.4 Å². The molecule has 0 aliphatic heterocycles. The second-order valence-electron chi connectivity index (χ2n) is 8.77. The topological polar surface area (TPSA) is 137 Å². The van der Waals surface area contributed by atoms with E-state index in [4.69, 9.17) is 24.1 Å². The number of hydrogen-bond donors (Lipinski definition) is 2. The second kappa shape index (κ2) is 18.5. The number of rotatable bonds is 21. The molecule has 0 bridgehead atoms. The van der Waals surface area contributed by atoms with E-state index in [1.165, 1.54) is 0 Å². The van der Waals surface area contributed by atoms with Gasteiger partial charge in [-0.25, -0.2) is 0 Å². The van der Waals surface area contributed by atoms with Crippen molar-refractivity contribution in [3.8, 4) is 0 Å². The zero-order chi connectivity index (χ0) is 25.1. The Hall–Kier alpha value is -1.88. The number of Topliss-reactive ketones (excluding diaryl/α,β-unsaturated/α-hetero) is 2. The molecule has 0 aromatic rings. The van der Waals surface area contributed by atoms with E-state index >= 15 is 0 Å². The molecule has 0 aromatic heterocycles. The van der Waals surface area contributed by atoms with E-state index in [2.05, 4.69) is 5.32 Å². The highest BCUT2D eigenvalue weighted by Gasteiger charge is 2.20. The molecule has 0 aliphatic carbocycles. The van der Waals surface area contributed by atoms with Crippen molar-refractivity contribution in [3.63, 3.8) is 0 Å². The predicted octanol–water partition coefficient (Wildman–Crippen LogP) is 1.63. The van der Waals surface area contributed by atoms with Gasteiger partial charge in [-0.2, -0.15) is 0 Å². The van der Waals surface area contributed by atoms with Crippen molar-refractivity contribution >= 4 is 23.4 Å². The molecule has 192 valence electrons. The first-order valence-electron chi connectivity index (χ1n) is 11.4. The Balaban J connectivity index is 3.42. The highest BCUT2D eigenvalue weighted by atomic mass is 16.5. The highest BCUT2D eigenvalue weighted by Crippen LogP contribution is 2.14. The molecule has 1 atom stereocenters. The molecule has 0 rings (SSSR count). The third-order valence-corrected chi connectivity index (χ3v) is 4.64. The number of ether oxygens (including phenoxy) is 4. The number of carboxylic acids is 1. The van der Waals surface area contributed by atoms with Crippen molar-refractivity contribution in [2.45, 2.75) is 53.4 Å². The smallest absolute Gasteiger partial charge is 0.306 e. The van der Waals surface area contributed by atoms with Gasteiger partial charge in [-0.3, -0.25) is 19.2 Å². The minimum absolute atomic E-state index is 0.0340. The Labute approximate surface area is 196 Å². The van der Waals surface area contributed by atoms with Gasteiger partial charge in [-0.05, 0) is 12.8 Å². The fourth-order valence-corrected chi connectivity index (χ4v) is 2.30. The van der Waals surface area contributed by atoms with Crippen LogP contribution >= 0.6 is 0 Å². The average Bonchev–Trinajstić information content (AvgIpc) is 2.74. The van der Waals surface area contributed by atoms with Gasteiger partial charge in [0.25, 0.3) is 0 Å². The maximum absolute atomic E-state index is 11.7. The summed E-state index contributed by atoms with van der Waals surface area (Å²) in [5, 5.41) is 11.4. The molecule has 2 N–H and O–H groups in total. The van der Waals surface area contributed by atoms with Gasteiger partial charge < -0.3 is 29.4 Å². The average molecular weight is 476 g/mol. The fraction of sp³-hybridized carbons (Fsp3) is 0.826. The molecule has 33 heavy (non-hydrogen) atoms. The third kappa shape index (κ3) is 19.3. The van der Waals surface area contributed by atoms with Crippen LogP contribution < -0.4 is 5.32 Å². The minimum atomic E-state index is -0.889. The van der Waals surface area contributed by atoms with Crippen LogP contribution in [-0.2, 0) is 38.1 Å². The first-order valence-corrected chi connectivity index (χ1v) is 11.4. The lowest BCUT2D eigenvalue weighted by atomic mass is 9.91. The number of hydrogen-bond acceptors (Lipinski definition) is 8. The van der Waals surface area contributed by atoms with E-state index in [1.54, 1.807) is 6.92 Å². The van der Waals surface area contributed by atoms with Crippen LogP contribution in [0.2, 0.25) is 0 Å². The van der Waals surface area contributed by atoms with Gasteiger partial charge in [-0.15, -0.1) is 0 Å². The summed E-state index contributed by atoms with van der Waals surface area (Å²) < 4.78 is 21.2. The first kappa shape index (κ1) is 31.1. The summed E-state index contributed by atoms with van der Waals surface area (Å²) in [6.07, 6.45) is 1.55. The van der Waals surface area contributed by atoms with Crippen molar-refractivity contribution in [1.29, 1.82) is 0 Å². The molecule has 10 nitrogen and oxygen atoms in total. The summed E-state index contributed by atoms with van der Waals surface area (Å²) in [6, 6.07) is 0. The highest BCUT2D eigenvalue weighted by molar-refractivity contribution is 5.84. The molecule has 0 saturated carbocycles.